The summed E-state index contributed by atoms with van der Waals surface area (Å²) >= 11 is 0. The average Bonchev–Trinajstić information content (AvgIpc) is 2.64. The SMILES string of the molecule is COc1ccc(S(=O)(=O)NC2CCCCCC2O)cc1. The molecule has 2 N–H and O–H groups in total. The maximum Gasteiger partial charge on any atom is 0.240 e. The number of nitrogens with one attached hydrogen (secondary N) is 1. The highest BCUT2D eigenvalue weighted by Crippen LogP contribution is 2.21. The summed E-state index contributed by atoms with van der Waals surface area (Å²) in [6.45, 7) is 0. The first-order valence-electron chi connectivity index (χ1n) is 6.87. The van der Waals surface area contributed by atoms with Gasteiger partial charge in [-0.25, -0.2) is 13.1 Å². The third-order valence-corrected chi connectivity index (χ3v) is 5.16. The van der Waals surface area contributed by atoms with Crippen molar-refractivity contribution < 1.29 is 18.3 Å². The molecule has 0 radical (unpaired) electrons. The van der Waals surface area contributed by atoms with Crippen molar-refractivity contribution in [1.29, 1.82) is 0 Å². The van der Waals surface area contributed by atoms with E-state index in [1.54, 1.807) is 12.1 Å². The van der Waals surface area contributed by atoms with E-state index >= 15 is 0 Å². The Morgan fingerprint density at radius 3 is 2.45 bits per heavy atom. The molecule has 5 nitrogen and oxygen atoms in total. The predicted molar refractivity (Wildman–Crippen MR) is 76.2 cm³/mol. The summed E-state index contributed by atoms with van der Waals surface area (Å²) in [6, 6.07) is 5.83. The van der Waals surface area contributed by atoms with Gasteiger partial charge in [0.15, 0.2) is 0 Å². The fourth-order valence-corrected chi connectivity index (χ4v) is 3.75. The molecule has 0 aliphatic heterocycles. The Hall–Kier alpha value is -1.11. The minimum absolute atomic E-state index is 0.190. The molecular formula is C14H21NO4S. The number of hydrogen-bond donors (Lipinski definition) is 2. The number of aliphatic hydroxyl groups excluding tert-OH is 1. The summed E-state index contributed by atoms with van der Waals surface area (Å²) < 4.78 is 32.2. The fraction of sp³-hybridized carbons (Fsp3) is 0.571. The van der Waals surface area contributed by atoms with Gasteiger partial charge in [-0.2, -0.15) is 0 Å². The van der Waals surface area contributed by atoms with Crippen LogP contribution in [0.3, 0.4) is 0 Å². The first-order chi connectivity index (χ1) is 9.53. The largest absolute Gasteiger partial charge is 0.497 e. The number of benzene rings is 1. The number of sulfonamides is 1. The van der Waals surface area contributed by atoms with E-state index in [4.69, 9.17) is 4.74 Å². The fourth-order valence-electron chi connectivity index (χ4n) is 2.45. The van der Waals surface area contributed by atoms with Gasteiger partial charge in [0.2, 0.25) is 10.0 Å². The smallest absolute Gasteiger partial charge is 0.240 e. The van der Waals surface area contributed by atoms with Crippen LogP contribution in [0.5, 0.6) is 5.75 Å². The molecule has 1 aromatic carbocycles. The number of hydrogen-bond acceptors (Lipinski definition) is 4. The summed E-state index contributed by atoms with van der Waals surface area (Å²) in [5, 5.41) is 9.99. The van der Waals surface area contributed by atoms with Crippen LogP contribution in [0.2, 0.25) is 0 Å². The monoisotopic (exact) mass is 299 g/mol. The van der Waals surface area contributed by atoms with Crippen LogP contribution in [-0.2, 0) is 10.0 Å². The molecular weight excluding hydrogens is 278 g/mol. The lowest BCUT2D eigenvalue weighted by Crippen LogP contribution is -2.42. The zero-order chi connectivity index (χ0) is 14.6. The Balaban J connectivity index is 2.12. The van der Waals surface area contributed by atoms with Crippen LogP contribution < -0.4 is 9.46 Å². The molecule has 0 spiro atoms. The van der Waals surface area contributed by atoms with Crippen molar-refractivity contribution in [2.24, 2.45) is 0 Å². The lowest BCUT2D eigenvalue weighted by Gasteiger charge is -2.21. The molecule has 2 atom stereocenters. The van der Waals surface area contributed by atoms with Crippen LogP contribution in [0.4, 0.5) is 0 Å². The van der Waals surface area contributed by atoms with Crippen LogP contribution in [0.25, 0.3) is 0 Å². The van der Waals surface area contributed by atoms with Gasteiger partial charge in [-0.1, -0.05) is 19.3 Å². The molecule has 1 aliphatic rings. The van der Waals surface area contributed by atoms with E-state index in [1.807, 2.05) is 0 Å². The van der Waals surface area contributed by atoms with E-state index in [-0.39, 0.29) is 4.90 Å². The molecule has 1 fully saturated rings. The van der Waals surface area contributed by atoms with Crippen LogP contribution in [0.15, 0.2) is 29.2 Å². The zero-order valence-electron chi connectivity index (χ0n) is 11.6. The molecule has 1 aliphatic carbocycles. The third-order valence-electron chi connectivity index (χ3n) is 3.66. The van der Waals surface area contributed by atoms with Crippen molar-refractivity contribution in [1.82, 2.24) is 4.72 Å². The van der Waals surface area contributed by atoms with Gasteiger partial charge in [0.25, 0.3) is 0 Å². The second kappa shape index (κ2) is 6.56. The van der Waals surface area contributed by atoms with Gasteiger partial charge >= 0.3 is 0 Å². The maximum absolute atomic E-state index is 12.3. The first-order valence-corrected chi connectivity index (χ1v) is 8.36. The van der Waals surface area contributed by atoms with Gasteiger partial charge in [-0.05, 0) is 37.1 Å². The minimum Gasteiger partial charge on any atom is -0.497 e. The molecule has 0 heterocycles. The molecule has 112 valence electrons. The summed E-state index contributed by atoms with van der Waals surface area (Å²) in [4.78, 5) is 0.190. The van der Waals surface area contributed by atoms with Crippen molar-refractivity contribution in [3.63, 3.8) is 0 Å². The molecule has 2 rings (SSSR count). The highest BCUT2D eigenvalue weighted by molar-refractivity contribution is 7.89. The highest BCUT2D eigenvalue weighted by atomic mass is 32.2. The van der Waals surface area contributed by atoms with Crippen LogP contribution in [0.1, 0.15) is 32.1 Å². The summed E-state index contributed by atoms with van der Waals surface area (Å²) in [7, 11) is -2.07. The Morgan fingerprint density at radius 1 is 1.15 bits per heavy atom. The van der Waals surface area contributed by atoms with Gasteiger partial charge in [-0.3, -0.25) is 0 Å². The molecule has 0 saturated heterocycles. The molecule has 20 heavy (non-hydrogen) atoms. The van der Waals surface area contributed by atoms with Gasteiger partial charge in [-0.15, -0.1) is 0 Å². The molecule has 0 bridgehead atoms. The van der Waals surface area contributed by atoms with E-state index < -0.39 is 22.2 Å². The third kappa shape index (κ3) is 3.71. The minimum atomic E-state index is -3.60. The zero-order valence-corrected chi connectivity index (χ0v) is 12.4. The molecule has 2 unspecified atom stereocenters. The van der Waals surface area contributed by atoms with E-state index in [0.717, 1.165) is 19.3 Å². The van der Waals surface area contributed by atoms with Gasteiger partial charge in [0, 0.05) is 6.04 Å². The Bertz CT molecular complexity index is 527. The number of rotatable bonds is 4. The first kappa shape index (κ1) is 15.3. The second-order valence-electron chi connectivity index (χ2n) is 5.11. The molecule has 0 aromatic heterocycles. The molecule has 1 aromatic rings. The Kier molecular flexibility index (Phi) is 5.01. The van der Waals surface area contributed by atoms with E-state index in [0.29, 0.717) is 18.6 Å². The Labute approximate surface area is 120 Å². The molecule has 6 heteroatoms. The van der Waals surface area contributed by atoms with E-state index in [1.165, 1.54) is 19.2 Å². The highest BCUT2D eigenvalue weighted by Gasteiger charge is 2.26. The van der Waals surface area contributed by atoms with E-state index in [2.05, 4.69) is 4.72 Å². The van der Waals surface area contributed by atoms with Crippen LogP contribution >= 0.6 is 0 Å². The second-order valence-corrected chi connectivity index (χ2v) is 6.82. The number of ether oxygens (including phenoxy) is 1. The normalized spacial score (nSPS) is 24.1. The van der Waals surface area contributed by atoms with Crippen LogP contribution in [0, 0.1) is 0 Å². The lowest BCUT2D eigenvalue weighted by molar-refractivity contribution is 0.130. The van der Waals surface area contributed by atoms with Gasteiger partial charge in [0.05, 0.1) is 18.1 Å². The standard InChI is InChI=1S/C14H21NO4S/c1-19-11-7-9-12(10-8-11)20(17,18)15-13-5-3-2-4-6-14(13)16/h7-10,13-16H,2-6H2,1H3. The lowest BCUT2D eigenvalue weighted by atomic mass is 10.1. The molecule has 0 amide bonds. The van der Waals surface area contributed by atoms with Crippen molar-refractivity contribution >= 4 is 10.0 Å². The number of aliphatic hydroxyl groups is 1. The summed E-state index contributed by atoms with van der Waals surface area (Å²) in [5.41, 5.74) is 0. The van der Waals surface area contributed by atoms with Gasteiger partial charge in [0.1, 0.15) is 5.75 Å². The Morgan fingerprint density at radius 2 is 1.80 bits per heavy atom. The predicted octanol–water partition coefficient (Wildman–Crippen LogP) is 1.67. The molecule has 1 saturated carbocycles. The van der Waals surface area contributed by atoms with Gasteiger partial charge < -0.3 is 9.84 Å². The van der Waals surface area contributed by atoms with Crippen LogP contribution in [-0.4, -0.2) is 32.8 Å². The van der Waals surface area contributed by atoms with Crippen molar-refractivity contribution in [3.8, 4) is 5.75 Å². The van der Waals surface area contributed by atoms with E-state index in [9.17, 15) is 13.5 Å². The number of methoxy groups -OCH3 is 1. The summed E-state index contributed by atoms with van der Waals surface area (Å²) in [6.07, 6.45) is 3.64. The quantitative estimate of drug-likeness (QED) is 0.829. The van der Waals surface area contributed by atoms with Crippen molar-refractivity contribution in [2.75, 3.05) is 7.11 Å². The average molecular weight is 299 g/mol. The maximum atomic E-state index is 12.3. The topological polar surface area (TPSA) is 75.6 Å². The van der Waals surface area contributed by atoms with Crippen molar-refractivity contribution in [3.05, 3.63) is 24.3 Å². The van der Waals surface area contributed by atoms with Crippen molar-refractivity contribution in [2.45, 2.75) is 49.1 Å². The summed E-state index contributed by atoms with van der Waals surface area (Å²) in [5.74, 6) is 0.610.